The Bertz CT molecular complexity index is 604. The maximum Gasteiger partial charge on any atom is 0.131 e. The van der Waals surface area contributed by atoms with Gasteiger partial charge in [-0.3, -0.25) is 0 Å². The molecular weight excluding hydrogens is 263 g/mol. The van der Waals surface area contributed by atoms with Gasteiger partial charge < -0.3 is 4.79 Å². The molecule has 0 N–H and O–H groups in total. The van der Waals surface area contributed by atoms with Crippen molar-refractivity contribution >= 4 is 24.8 Å². The predicted octanol–water partition coefficient (Wildman–Crippen LogP) is 3.39. The first-order valence-electron chi connectivity index (χ1n) is 6.64. The van der Waals surface area contributed by atoms with Crippen LogP contribution in [0.1, 0.15) is 0 Å². The monoisotopic (exact) mass is 278 g/mol. The van der Waals surface area contributed by atoms with E-state index < -0.39 is 7.92 Å². The normalized spacial score (nSPS) is 17.2. The summed E-state index contributed by atoms with van der Waals surface area (Å²) in [7, 11) is -0.630. The van der Waals surface area contributed by atoms with Crippen LogP contribution in [0.25, 0.3) is 0 Å². The number of rotatable bonds is 4. The SMILES string of the molecule is O=CC1C=CC=C1P(c1ccccc1)c1ccccc1. The quantitative estimate of drug-likeness (QED) is 0.619. The first-order valence-corrected chi connectivity index (χ1v) is 7.98. The van der Waals surface area contributed by atoms with Crippen LogP contribution in [0.15, 0.2) is 84.2 Å². The second-order valence-corrected chi connectivity index (χ2v) is 6.86. The maximum absolute atomic E-state index is 11.3. The van der Waals surface area contributed by atoms with Gasteiger partial charge in [-0.1, -0.05) is 78.9 Å². The fourth-order valence-electron chi connectivity index (χ4n) is 2.42. The molecular formula is C18H15OP. The molecule has 0 heterocycles. The fourth-order valence-corrected chi connectivity index (χ4v) is 4.94. The van der Waals surface area contributed by atoms with Crippen LogP contribution >= 0.6 is 7.92 Å². The summed E-state index contributed by atoms with van der Waals surface area (Å²) in [6.07, 6.45) is 7.11. The molecule has 98 valence electrons. The molecule has 1 unspecified atom stereocenters. The van der Waals surface area contributed by atoms with Crippen LogP contribution in [0.3, 0.4) is 0 Å². The van der Waals surface area contributed by atoms with E-state index in [9.17, 15) is 4.79 Å². The van der Waals surface area contributed by atoms with Crippen molar-refractivity contribution in [3.63, 3.8) is 0 Å². The minimum atomic E-state index is -0.630. The van der Waals surface area contributed by atoms with Gasteiger partial charge in [0.25, 0.3) is 0 Å². The summed E-state index contributed by atoms with van der Waals surface area (Å²) in [5.41, 5.74) is 0. The molecule has 3 rings (SSSR count). The van der Waals surface area contributed by atoms with Gasteiger partial charge in [-0.15, -0.1) is 0 Å². The summed E-state index contributed by atoms with van der Waals surface area (Å²) in [5.74, 6) is -0.0819. The summed E-state index contributed by atoms with van der Waals surface area (Å²) >= 11 is 0. The number of benzene rings is 2. The third-order valence-electron chi connectivity index (χ3n) is 3.36. The topological polar surface area (TPSA) is 17.1 Å². The number of hydrogen-bond acceptors (Lipinski definition) is 1. The second kappa shape index (κ2) is 5.98. The number of allylic oxidation sites excluding steroid dienone is 4. The lowest BCUT2D eigenvalue weighted by Crippen LogP contribution is -2.15. The van der Waals surface area contributed by atoms with Crippen LogP contribution in [-0.2, 0) is 4.79 Å². The van der Waals surface area contributed by atoms with Gasteiger partial charge in [-0.25, -0.2) is 0 Å². The van der Waals surface area contributed by atoms with E-state index in [-0.39, 0.29) is 5.92 Å². The average molecular weight is 278 g/mol. The standard InChI is InChI=1S/C18H15OP/c19-14-15-8-7-13-18(15)20(16-9-3-1-4-10-16)17-11-5-2-6-12-17/h1-15H. The molecule has 0 saturated carbocycles. The smallest absolute Gasteiger partial charge is 0.131 e. The summed E-state index contributed by atoms with van der Waals surface area (Å²) in [6.45, 7) is 0. The zero-order chi connectivity index (χ0) is 13.8. The lowest BCUT2D eigenvalue weighted by molar-refractivity contribution is -0.108. The van der Waals surface area contributed by atoms with Crippen molar-refractivity contribution in [3.05, 3.63) is 84.2 Å². The Labute approximate surface area is 120 Å². The fraction of sp³-hybridized carbons (Fsp3) is 0.0556. The second-order valence-electron chi connectivity index (χ2n) is 4.64. The Morgan fingerprint density at radius 1 is 0.850 bits per heavy atom. The highest BCUT2D eigenvalue weighted by Crippen LogP contribution is 2.48. The molecule has 0 radical (unpaired) electrons. The molecule has 20 heavy (non-hydrogen) atoms. The van der Waals surface area contributed by atoms with Crippen LogP contribution in [0.4, 0.5) is 0 Å². The van der Waals surface area contributed by atoms with E-state index in [1.807, 2.05) is 24.3 Å². The molecule has 0 fully saturated rings. The highest BCUT2D eigenvalue weighted by molar-refractivity contribution is 7.76. The van der Waals surface area contributed by atoms with Crippen molar-refractivity contribution in [2.24, 2.45) is 5.92 Å². The lowest BCUT2D eigenvalue weighted by atomic mass is 10.2. The molecule has 1 aliphatic rings. The highest BCUT2D eigenvalue weighted by Gasteiger charge is 2.25. The summed E-state index contributed by atoms with van der Waals surface area (Å²) in [6, 6.07) is 20.9. The molecule has 1 atom stereocenters. The highest BCUT2D eigenvalue weighted by atomic mass is 31.1. The van der Waals surface area contributed by atoms with Crippen molar-refractivity contribution < 1.29 is 4.79 Å². The molecule has 0 spiro atoms. The van der Waals surface area contributed by atoms with E-state index in [0.29, 0.717) is 0 Å². The van der Waals surface area contributed by atoms with Crippen LogP contribution in [-0.4, -0.2) is 6.29 Å². The Balaban J connectivity index is 2.08. The molecule has 0 aliphatic heterocycles. The molecule has 0 bridgehead atoms. The summed E-state index contributed by atoms with van der Waals surface area (Å²) < 4.78 is 0. The number of hydrogen-bond donors (Lipinski definition) is 0. The lowest BCUT2D eigenvalue weighted by Gasteiger charge is -2.22. The van der Waals surface area contributed by atoms with Gasteiger partial charge in [0.15, 0.2) is 0 Å². The summed E-state index contributed by atoms with van der Waals surface area (Å²) in [5, 5.41) is 3.79. The van der Waals surface area contributed by atoms with E-state index >= 15 is 0 Å². The van der Waals surface area contributed by atoms with E-state index in [0.717, 1.165) is 6.29 Å². The molecule has 0 aromatic heterocycles. The Kier molecular flexibility index (Phi) is 3.90. The predicted molar refractivity (Wildman–Crippen MR) is 85.8 cm³/mol. The van der Waals surface area contributed by atoms with E-state index in [4.69, 9.17) is 0 Å². The van der Waals surface area contributed by atoms with Crippen LogP contribution in [0, 0.1) is 5.92 Å². The Morgan fingerprint density at radius 2 is 1.40 bits per heavy atom. The number of carbonyl (C=O) groups is 1. The molecule has 1 aliphatic carbocycles. The number of carbonyl (C=O) groups excluding carboxylic acids is 1. The third-order valence-corrected chi connectivity index (χ3v) is 5.95. The van der Waals surface area contributed by atoms with Crippen molar-refractivity contribution in [2.45, 2.75) is 0 Å². The van der Waals surface area contributed by atoms with Gasteiger partial charge in [-0.2, -0.15) is 0 Å². The average Bonchev–Trinajstić information content (AvgIpc) is 2.98. The van der Waals surface area contributed by atoms with E-state index in [1.165, 1.54) is 15.9 Å². The van der Waals surface area contributed by atoms with Crippen molar-refractivity contribution in [1.82, 2.24) is 0 Å². The van der Waals surface area contributed by atoms with E-state index in [2.05, 4.69) is 54.6 Å². The maximum atomic E-state index is 11.3. The molecule has 1 nitrogen and oxygen atoms in total. The van der Waals surface area contributed by atoms with Crippen molar-refractivity contribution in [3.8, 4) is 0 Å². The minimum absolute atomic E-state index is 0.0819. The Hall–Kier alpha value is -1.98. The van der Waals surface area contributed by atoms with Crippen LogP contribution in [0.2, 0.25) is 0 Å². The van der Waals surface area contributed by atoms with Crippen molar-refractivity contribution in [1.29, 1.82) is 0 Å². The van der Waals surface area contributed by atoms with Gasteiger partial charge in [0.1, 0.15) is 6.29 Å². The van der Waals surface area contributed by atoms with Crippen molar-refractivity contribution in [2.75, 3.05) is 0 Å². The first-order chi connectivity index (χ1) is 9.90. The van der Waals surface area contributed by atoms with Gasteiger partial charge in [0.2, 0.25) is 0 Å². The largest absolute Gasteiger partial charge is 0.302 e. The van der Waals surface area contributed by atoms with Gasteiger partial charge in [0, 0.05) is 0 Å². The number of aldehydes is 1. The van der Waals surface area contributed by atoms with Crippen LogP contribution < -0.4 is 10.6 Å². The van der Waals surface area contributed by atoms with Crippen LogP contribution in [0.5, 0.6) is 0 Å². The molecule has 0 amide bonds. The zero-order valence-electron chi connectivity index (χ0n) is 11.0. The third kappa shape index (κ3) is 2.50. The first kappa shape index (κ1) is 13.0. The molecule has 0 saturated heterocycles. The zero-order valence-corrected chi connectivity index (χ0v) is 11.9. The van der Waals surface area contributed by atoms with Gasteiger partial charge in [0.05, 0.1) is 5.92 Å². The molecule has 2 aromatic rings. The summed E-state index contributed by atoms with van der Waals surface area (Å²) in [4.78, 5) is 11.3. The van der Waals surface area contributed by atoms with Gasteiger partial charge in [-0.05, 0) is 23.8 Å². The molecule has 2 heteroatoms. The minimum Gasteiger partial charge on any atom is -0.302 e. The van der Waals surface area contributed by atoms with Gasteiger partial charge >= 0.3 is 0 Å². The Morgan fingerprint density at radius 3 is 1.90 bits per heavy atom. The van der Waals surface area contributed by atoms with E-state index in [1.54, 1.807) is 0 Å². The molecule has 2 aromatic carbocycles.